The van der Waals surface area contributed by atoms with E-state index in [0.717, 1.165) is 17.0 Å². The van der Waals surface area contributed by atoms with E-state index < -0.39 is 0 Å². The summed E-state index contributed by atoms with van der Waals surface area (Å²) in [4.78, 5) is 28.5. The fourth-order valence-corrected chi connectivity index (χ4v) is 4.98. The lowest BCUT2D eigenvalue weighted by atomic mass is 9.83. The van der Waals surface area contributed by atoms with E-state index in [9.17, 15) is 9.59 Å². The third-order valence-electron chi connectivity index (χ3n) is 5.41. The SMILES string of the molecule is O=C(c1cccs1)N1C[C@@H]2C[C@H](C1)c1ccc(-c3ccco3)c(=O)n1C2. The molecule has 6 heteroatoms. The fraction of sp³-hybridized carbons (Fsp3) is 0.300. The number of piperidine rings is 1. The third kappa shape index (κ3) is 2.44. The van der Waals surface area contributed by atoms with Crippen LogP contribution in [0.25, 0.3) is 11.3 Å². The molecule has 0 saturated carbocycles. The Balaban J connectivity index is 1.49. The molecule has 2 atom stereocenters. The number of hydrogen-bond donors (Lipinski definition) is 0. The molecule has 3 aromatic rings. The maximum atomic E-state index is 13.0. The zero-order chi connectivity index (χ0) is 17.7. The average molecular weight is 366 g/mol. The largest absolute Gasteiger partial charge is 0.464 e. The molecule has 0 N–H and O–H groups in total. The highest BCUT2D eigenvalue weighted by Gasteiger charge is 2.37. The second-order valence-corrected chi connectivity index (χ2v) is 8.00. The lowest BCUT2D eigenvalue weighted by Gasteiger charge is -2.42. The minimum atomic E-state index is 0.00480. The molecule has 2 aliphatic rings. The van der Waals surface area contributed by atoms with Crippen molar-refractivity contribution in [1.82, 2.24) is 9.47 Å². The van der Waals surface area contributed by atoms with E-state index in [1.807, 2.05) is 45.2 Å². The smallest absolute Gasteiger partial charge is 0.263 e. The van der Waals surface area contributed by atoms with Crippen molar-refractivity contribution in [3.63, 3.8) is 0 Å². The van der Waals surface area contributed by atoms with Crippen LogP contribution in [0.5, 0.6) is 0 Å². The van der Waals surface area contributed by atoms with Gasteiger partial charge in [0.15, 0.2) is 0 Å². The molecule has 2 bridgehead atoms. The molecule has 132 valence electrons. The Morgan fingerprint density at radius 1 is 1.12 bits per heavy atom. The van der Waals surface area contributed by atoms with Gasteiger partial charge in [-0.15, -0.1) is 11.3 Å². The van der Waals surface area contributed by atoms with Crippen molar-refractivity contribution in [2.45, 2.75) is 18.9 Å². The normalized spacial score (nSPS) is 21.5. The quantitative estimate of drug-likeness (QED) is 0.698. The van der Waals surface area contributed by atoms with Gasteiger partial charge in [-0.1, -0.05) is 6.07 Å². The maximum absolute atomic E-state index is 13.0. The summed E-state index contributed by atoms with van der Waals surface area (Å²) in [6, 6.07) is 11.3. The van der Waals surface area contributed by atoms with E-state index >= 15 is 0 Å². The number of rotatable bonds is 2. The molecule has 1 saturated heterocycles. The number of pyridine rings is 1. The van der Waals surface area contributed by atoms with Gasteiger partial charge in [-0.05, 0) is 48.1 Å². The van der Waals surface area contributed by atoms with Crippen LogP contribution in [0.15, 0.2) is 57.3 Å². The Bertz CT molecular complexity index is 1000. The topological polar surface area (TPSA) is 55.5 Å². The van der Waals surface area contributed by atoms with Gasteiger partial charge in [-0.3, -0.25) is 9.59 Å². The summed E-state index contributed by atoms with van der Waals surface area (Å²) >= 11 is 1.48. The summed E-state index contributed by atoms with van der Waals surface area (Å²) < 4.78 is 7.30. The first-order valence-corrected chi connectivity index (χ1v) is 9.69. The average Bonchev–Trinajstić information content (AvgIpc) is 3.36. The molecule has 0 aliphatic carbocycles. The van der Waals surface area contributed by atoms with Gasteiger partial charge in [0, 0.05) is 31.2 Å². The van der Waals surface area contributed by atoms with Gasteiger partial charge in [0.1, 0.15) is 5.76 Å². The summed E-state index contributed by atoms with van der Waals surface area (Å²) in [6.45, 7) is 2.05. The lowest BCUT2D eigenvalue weighted by Crippen LogP contribution is -2.49. The van der Waals surface area contributed by atoms with Gasteiger partial charge in [0.25, 0.3) is 11.5 Å². The molecule has 5 heterocycles. The number of furan rings is 1. The van der Waals surface area contributed by atoms with Crippen LogP contribution in [0.3, 0.4) is 0 Å². The van der Waals surface area contributed by atoms with Crippen LogP contribution >= 0.6 is 11.3 Å². The summed E-state index contributed by atoms with van der Waals surface area (Å²) in [5.74, 6) is 1.24. The Hall–Kier alpha value is -2.60. The van der Waals surface area contributed by atoms with E-state index in [1.165, 1.54) is 11.3 Å². The molecular weight excluding hydrogens is 348 g/mol. The highest BCUT2D eigenvalue weighted by Crippen LogP contribution is 2.36. The van der Waals surface area contributed by atoms with Gasteiger partial charge in [-0.25, -0.2) is 0 Å². The van der Waals surface area contributed by atoms with Crippen molar-refractivity contribution < 1.29 is 9.21 Å². The van der Waals surface area contributed by atoms with E-state index in [4.69, 9.17) is 4.42 Å². The molecule has 0 unspecified atom stereocenters. The number of likely N-dealkylation sites (tertiary alicyclic amines) is 1. The van der Waals surface area contributed by atoms with Crippen LogP contribution in [0, 0.1) is 5.92 Å². The van der Waals surface area contributed by atoms with Gasteiger partial charge in [0.05, 0.1) is 16.7 Å². The van der Waals surface area contributed by atoms with Crippen LogP contribution in [0.2, 0.25) is 0 Å². The van der Waals surface area contributed by atoms with Crippen LogP contribution in [0.1, 0.15) is 27.7 Å². The molecule has 5 nitrogen and oxygen atoms in total. The number of hydrogen-bond acceptors (Lipinski definition) is 4. The van der Waals surface area contributed by atoms with Gasteiger partial charge in [-0.2, -0.15) is 0 Å². The first-order chi connectivity index (χ1) is 12.7. The number of nitrogens with zero attached hydrogens (tertiary/aromatic N) is 2. The highest BCUT2D eigenvalue weighted by atomic mass is 32.1. The lowest BCUT2D eigenvalue weighted by molar-refractivity contribution is 0.0599. The number of carbonyl (C=O) groups is 1. The highest BCUT2D eigenvalue weighted by molar-refractivity contribution is 7.12. The van der Waals surface area contributed by atoms with E-state index in [-0.39, 0.29) is 17.4 Å². The Kier molecular flexibility index (Phi) is 3.60. The molecule has 0 radical (unpaired) electrons. The first-order valence-electron chi connectivity index (χ1n) is 8.81. The Morgan fingerprint density at radius 3 is 2.81 bits per heavy atom. The van der Waals surface area contributed by atoms with Crippen LogP contribution in [0.4, 0.5) is 0 Å². The van der Waals surface area contributed by atoms with Gasteiger partial charge >= 0.3 is 0 Å². The maximum Gasteiger partial charge on any atom is 0.263 e. The second kappa shape index (κ2) is 5.99. The van der Waals surface area contributed by atoms with Crippen LogP contribution in [-0.4, -0.2) is 28.5 Å². The molecule has 1 fully saturated rings. The summed E-state index contributed by atoms with van der Waals surface area (Å²) in [5, 5.41) is 1.93. The summed E-state index contributed by atoms with van der Waals surface area (Å²) in [5.41, 5.74) is 1.64. The molecule has 0 aromatic carbocycles. The number of carbonyl (C=O) groups excluding carboxylic acids is 1. The minimum absolute atomic E-state index is 0.00480. The van der Waals surface area contributed by atoms with Gasteiger partial charge in [0.2, 0.25) is 0 Å². The second-order valence-electron chi connectivity index (χ2n) is 7.05. The van der Waals surface area contributed by atoms with Crippen molar-refractivity contribution in [2.24, 2.45) is 5.92 Å². The number of fused-ring (bicyclic) bond motifs is 4. The minimum Gasteiger partial charge on any atom is -0.464 e. The molecule has 3 aromatic heterocycles. The predicted octanol–water partition coefficient (Wildman–Crippen LogP) is 3.43. The number of aromatic nitrogens is 1. The molecular formula is C20H18N2O3S. The Labute approximate surface area is 154 Å². The Morgan fingerprint density at radius 2 is 2.04 bits per heavy atom. The first kappa shape index (κ1) is 15.6. The molecule has 5 rings (SSSR count). The van der Waals surface area contributed by atoms with Gasteiger partial charge < -0.3 is 13.9 Å². The van der Waals surface area contributed by atoms with Crippen molar-refractivity contribution in [1.29, 1.82) is 0 Å². The standard InChI is InChI=1S/C20H18N2O3S/c23-19-15(17-3-1-7-25-17)5-6-16-14-9-13(11-22(16)19)10-21(12-14)20(24)18-4-2-8-26-18/h1-8,13-14H,9-12H2/t13-,14+/m0/s1. The van der Waals surface area contributed by atoms with E-state index in [2.05, 4.69) is 0 Å². The molecule has 0 spiro atoms. The fourth-order valence-electron chi connectivity index (χ4n) is 4.29. The van der Waals surface area contributed by atoms with Crippen molar-refractivity contribution in [2.75, 3.05) is 13.1 Å². The molecule has 1 amide bonds. The van der Waals surface area contributed by atoms with Crippen LogP contribution < -0.4 is 5.56 Å². The zero-order valence-electron chi connectivity index (χ0n) is 14.1. The van der Waals surface area contributed by atoms with E-state index in [0.29, 0.717) is 36.9 Å². The zero-order valence-corrected chi connectivity index (χ0v) is 14.9. The molecule has 2 aliphatic heterocycles. The monoisotopic (exact) mass is 366 g/mol. The summed E-state index contributed by atoms with van der Waals surface area (Å²) in [6.07, 6.45) is 2.62. The third-order valence-corrected chi connectivity index (χ3v) is 6.27. The van der Waals surface area contributed by atoms with E-state index in [1.54, 1.807) is 12.3 Å². The van der Waals surface area contributed by atoms with Crippen molar-refractivity contribution in [3.8, 4) is 11.3 Å². The van der Waals surface area contributed by atoms with Crippen LogP contribution in [-0.2, 0) is 6.54 Å². The van der Waals surface area contributed by atoms with Crippen molar-refractivity contribution >= 4 is 17.2 Å². The number of amides is 1. The number of thiophene rings is 1. The molecule has 26 heavy (non-hydrogen) atoms. The van der Waals surface area contributed by atoms with Crippen molar-refractivity contribution in [3.05, 3.63) is 69.0 Å². The predicted molar refractivity (Wildman–Crippen MR) is 99.5 cm³/mol. The summed E-state index contributed by atoms with van der Waals surface area (Å²) in [7, 11) is 0.